The minimum Gasteiger partial charge on any atom is -0.355 e. The van der Waals surface area contributed by atoms with Crippen LogP contribution in [0.2, 0.25) is 0 Å². The quantitative estimate of drug-likeness (QED) is 0.697. The molecule has 0 bridgehead atoms. The first kappa shape index (κ1) is 16.0. The predicted molar refractivity (Wildman–Crippen MR) is 107 cm³/mol. The Hall–Kier alpha value is -2.21. The highest BCUT2D eigenvalue weighted by Crippen LogP contribution is 2.38. The zero-order valence-corrected chi connectivity index (χ0v) is 15.8. The van der Waals surface area contributed by atoms with Crippen molar-refractivity contribution < 1.29 is 0 Å². The number of nitrogens with zero attached hydrogens (tertiary/aromatic N) is 5. The van der Waals surface area contributed by atoms with Crippen LogP contribution in [0.25, 0.3) is 10.1 Å². The molecule has 0 radical (unpaired) electrons. The molecule has 0 amide bonds. The van der Waals surface area contributed by atoms with Crippen LogP contribution in [0.4, 0.5) is 11.6 Å². The monoisotopic (exact) mass is 365 g/mol. The number of hydrogen-bond donors (Lipinski definition) is 0. The summed E-state index contributed by atoms with van der Waals surface area (Å²) in [4.78, 5) is 18.8. The number of aromatic nitrogens is 3. The topological polar surface area (TPSA) is 45.2 Å². The summed E-state index contributed by atoms with van der Waals surface area (Å²) in [6.45, 7) is 2.06. The van der Waals surface area contributed by atoms with Gasteiger partial charge in [-0.3, -0.25) is 0 Å². The highest BCUT2D eigenvalue weighted by atomic mass is 32.1. The number of piperidine rings is 1. The number of anilines is 2. The molecule has 2 aliphatic rings. The largest absolute Gasteiger partial charge is 0.355 e. The van der Waals surface area contributed by atoms with Gasteiger partial charge in [0, 0.05) is 54.6 Å². The van der Waals surface area contributed by atoms with Gasteiger partial charge in [-0.05, 0) is 49.3 Å². The molecular weight excluding hydrogens is 342 g/mol. The lowest BCUT2D eigenvalue weighted by Gasteiger charge is -2.39. The molecule has 3 aromatic rings. The Morgan fingerprint density at radius 3 is 2.88 bits per heavy atom. The summed E-state index contributed by atoms with van der Waals surface area (Å²) in [6.07, 6.45) is 8.70. The molecule has 6 heteroatoms. The van der Waals surface area contributed by atoms with E-state index in [0.717, 1.165) is 30.5 Å². The fourth-order valence-corrected chi connectivity index (χ4v) is 4.66. The molecule has 5 nitrogen and oxygen atoms in total. The zero-order chi connectivity index (χ0) is 17.5. The summed E-state index contributed by atoms with van der Waals surface area (Å²) >= 11 is 1.79. The SMILES string of the molecule is CN(c1ccnc(C2CC2)n1)C1CCCN(c2nccc3sccc23)C1. The molecule has 5 rings (SSSR count). The maximum absolute atomic E-state index is 4.83. The second kappa shape index (κ2) is 6.50. The molecule has 4 heterocycles. The lowest BCUT2D eigenvalue weighted by atomic mass is 10.0. The number of rotatable bonds is 4. The van der Waals surface area contributed by atoms with Gasteiger partial charge >= 0.3 is 0 Å². The number of thiophene rings is 1. The van der Waals surface area contributed by atoms with Crippen LogP contribution in [0.15, 0.2) is 36.0 Å². The third-order valence-electron chi connectivity index (χ3n) is 5.57. The van der Waals surface area contributed by atoms with Crippen molar-refractivity contribution in [3.63, 3.8) is 0 Å². The summed E-state index contributed by atoms with van der Waals surface area (Å²) in [5, 5.41) is 3.43. The molecule has 134 valence electrons. The summed E-state index contributed by atoms with van der Waals surface area (Å²) in [5.41, 5.74) is 0. The lowest BCUT2D eigenvalue weighted by molar-refractivity contribution is 0.484. The lowest BCUT2D eigenvalue weighted by Crippen LogP contribution is -2.47. The molecule has 1 unspecified atom stereocenters. The summed E-state index contributed by atoms with van der Waals surface area (Å²) in [7, 11) is 2.17. The van der Waals surface area contributed by atoms with E-state index in [0.29, 0.717) is 12.0 Å². The van der Waals surface area contributed by atoms with E-state index in [-0.39, 0.29) is 0 Å². The van der Waals surface area contributed by atoms with Crippen molar-refractivity contribution in [2.75, 3.05) is 29.9 Å². The van der Waals surface area contributed by atoms with E-state index < -0.39 is 0 Å². The minimum absolute atomic E-state index is 0.446. The molecule has 0 aromatic carbocycles. The molecular formula is C20H23N5S. The molecule has 0 N–H and O–H groups in total. The van der Waals surface area contributed by atoms with Crippen LogP contribution in [0, 0.1) is 0 Å². The van der Waals surface area contributed by atoms with Crippen LogP contribution in [0.5, 0.6) is 0 Å². The maximum atomic E-state index is 4.83. The Morgan fingerprint density at radius 2 is 2.00 bits per heavy atom. The van der Waals surface area contributed by atoms with Crippen molar-refractivity contribution >= 4 is 33.1 Å². The molecule has 1 saturated heterocycles. The van der Waals surface area contributed by atoms with E-state index >= 15 is 0 Å². The van der Waals surface area contributed by atoms with E-state index in [9.17, 15) is 0 Å². The van der Waals surface area contributed by atoms with Crippen molar-refractivity contribution in [3.8, 4) is 0 Å². The van der Waals surface area contributed by atoms with Crippen molar-refractivity contribution in [3.05, 3.63) is 41.8 Å². The Morgan fingerprint density at radius 1 is 1.12 bits per heavy atom. The summed E-state index contributed by atoms with van der Waals surface area (Å²) in [6, 6.07) is 6.79. The molecule has 1 aliphatic carbocycles. The Balaban J connectivity index is 1.38. The van der Waals surface area contributed by atoms with Gasteiger partial charge in [-0.15, -0.1) is 11.3 Å². The molecule has 1 atom stereocenters. The van der Waals surface area contributed by atoms with Crippen molar-refractivity contribution in [2.45, 2.75) is 37.6 Å². The second-order valence-electron chi connectivity index (χ2n) is 7.37. The van der Waals surface area contributed by atoms with Gasteiger partial charge < -0.3 is 9.80 Å². The van der Waals surface area contributed by atoms with E-state index in [1.807, 2.05) is 18.5 Å². The predicted octanol–water partition coefficient (Wildman–Crippen LogP) is 4.07. The average molecular weight is 366 g/mol. The summed E-state index contributed by atoms with van der Waals surface area (Å²) in [5.74, 6) is 3.79. The molecule has 1 saturated carbocycles. The normalized spacial score (nSPS) is 20.5. The van der Waals surface area contributed by atoms with Gasteiger partial charge in [-0.2, -0.15) is 0 Å². The Bertz CT molecular complexity index is 919. The molecule has 3 aromatic heterocycles. The molecule has 0 spiro atoms. The number of likely N-dealkylation sites (N-methyl/N-ethyl adjacent to an activating group) is 1. The van der Waals surface area contributed by atoms with Gasteiger partial charge in [-0.1, -0.05) is 0 Å². The van der Waals surface area contributed by atoms with E-state index in [4.69, 9.17) is 9.97 Å². The van der Waals surface area contributed by atoms with E-state index in [1.54, 1.807) is 11.3 Å². The molecule has 26 heavy (non-hydrogen) atoms. The first-order valence-corrected chi connectivity index (χ1v) is 10.3. The Kier molecular flexibility index (Phi) is 4.00. The average Bonchev–Trinajstić information content (AvgIpc) is 3.44. The fraction of sp³-hybridized carbons (Fsp3) is 0.450. The number of fused-ring (bicyclic) bond motifs is 1. The van der Waals surface area contributed by atoms with Gasteiger partial charge in [-0.25, -0.2) is 15.0 Å². The van der Waals surface area contributed by atoms with Gasteiger partial charge in [0.1, 0.15) is 17.5 Å². The van der Waals surface area contributed by atoms with Crippen LogP contribution in [0.1, 0.15) is 37.4 Å². The van der Waals surface area contributed by atoms with Crippen LogP contribution < -0.4 is 9.80 Å². The van der Waals surface area contributed by atoms with Gasteiger partial charge in [0.15, 0.2) is 0 Å². The number of hydrogen-bond acceptors (Lipinski definition) is 6. The molecule has 2 fully saturated rings. The highest BCUT2D eigenvalue weighted by molar-refractivity contribution is 7.17. The van der Waals surface area contributed by atoms with Crippen molar-refractivity contribution in [2.24, 2.45) is 0 Å². The highest BCUT2D eigenvalue weighted by Gasteiger charge is 2.29. The first-order valence-electron chi connectivity index (χ1n) is 9.42. The number of pyridine rings is 1. The third-order valence-corrected chi connectivity index (χ3v) is 6.45. The molecule has 1 aliphatic heterocycles. The van der Waals surface area contributed by atoms with Gasteiger partial charge in [0.25, 0.3) is 0 Å². The van der Waals surface area contributed by atoms with E-state index in [2.05, 4.69) is 39.3 Å². The summed E-state index contributed by atoms with van der Waals surface area (Å²) < 4.78 is 1.32. The maximum Gasteiger partial charge on any atom is 0.137 e. The minimum atomic E-state index is 0.446. The van der Waals surface area contributed by atoms with Crippen molar-refractivity contribution in [1.82, 2.24) is 15.0 Å². The standard InChI is InChI=1S/C20H23N5S/c1-24(18-7-10-21-19(23-18)14-4-5-14)15-3-2-11-25(13-15)20-16-8-12-26-17(16)6-9-22-20/h6-10,12,14-15H,2-5,11,13H2,1H3. The Labute approximate surface area is 157 Å². The second-order valence-corrected chi connectivity index (χ2v) is 8.31. The van der Waals surface area contributed by atoms with Crippen LogP contribution >= 0.6 is 11.3 Å². The van der Waals surface area contributed by atoms with Gasteiger partial charge in [0.2, 0.25) is 0 Å². The van der Waals surface area contributed by atoms with Crippen LogP contribution in [-0.2, 0) is 0 Å². The zero-order valence-electron chi connectivity index (χ0n) is 15.0. The third kappa shape index (κ3) is 2.92. The fourth-order valence-electron chi connectivity index (χ4n) is 3.88. The van der Waals surface area contributed by atoms with Crippen molar-refractivity contribution in [1.29, 1.82) is 0 Å². The van der Waals surface area contributed by atoms with Gasteiger partial charge in [0.05, 0.1) is 0 Å². The van der Waals surface area contributed by atoms with Crippen LogP contribution in [-0.4, -0.2) is 41.1 Å². The first-order chi connectivity index (χ1) is 12.8. The van der Waals surface area contributed by atoms with E-state index in [1.165, 1.54) is 35.8 Å². The van der Waals surface area contributed by atoms with Crippen LogP contribution in [0.3, 0.4) is 0 Å². The smallest absolute Gasteiger partial charge is 0.137 e.